The summed E-state index contributed by atoms with van der Waals surface area (Å²) in [5.74, 6) is -1.11. The molecule has 9 heteroatoms. The van der Waals surface area contributed by atoms with Gasteiger partial charge in [-0.3, -0.25) is 0 Å². The maximum Gasteiger partial charge on any atom is 0.433 e. The van der Waals surface area contributed by atoms with Crippen LogP contribution in [0.3, 0.4) is 0 Å². The van der Waals surface area contributed by atoms with E-state index in [0.717, 1.165) is 29.2 Å². The topological polar surface area (TPSA) is 63.1 Å². The van der Waals surface area contributed by atoms with Gasteiger partial charge in [-0.15, -0.1) is 0 Å². The lowest BCUT2D eigenvalue weighted by Crippen LogP contribution is -2.07. The van der Waals surface area contributed by atoms with Gasteiger partial charge in [0, 0.05) is 0 Å². The van der Waals surface area contributed by atoms with Crippen molar-refractivity contribution in [3.63, 3.8) is 0 Å². The molecule has 0 aromatic carbocycles. The van der Waals surface area contributed by atoms with E-state index >= 15 is 0 Å². The van der Waals surface area contributed by atoms with Crippen molar-refractivity contribution in [3.05, 3.63) is 34.5 Å². The Balaban J connectivity index is 2.26. The van der Waals surface area contributed by atoms with E-state index in [0.29, 0.717) is 10.0 Å². The van der Waals surface area contributed by atoms with Gasteiger partial charge in [0.05, 0.1) is 5.69 Å². The smallest absolute Gasteiger partial charge is 0.433 e. The molecular weight excluding hydrogens is 313 g/mol. The predicted octanol–water partition coefficient (Wildman–Crippen LogP) is 3.71. The summed E-state index contributed by atoms with van der Waals surface area (Å²) in [4.78, 5) is 18.4. The molecule has 0 bridgehead atoms. The van der Waals surface area contributed by atoms with Crippen LogP contribution in [-0.2, 0) is 6.18 Å². The van der Waals surface area contributed by atoms with Crippen LogP contribution in [0.2, 0.25) is 0 Å². The summed E-state index contributed by atoms with van der Waals surface area (Å²) in [7, 11) is 0. The Morgan fingerprint density at radius 3 is 2.60 bits per heavy atom. The molecule has 20 heavy (non-hydrogen) atoms. The second-order valence-corrected chi connectivity index (χ2v) is 5.93. The number of thiazole rings is 1. The fraction of sp³-hybridized carbons (Fsp3) is 0.182. The summed E-state index contributed by atoms with van der Waals surface area (Å²) in [5, 5.41) is 9.01. The number of carboxylic acid groups (broad SMARTS) is 1. The highest BCUT2D eigenvalue weighted by Gasteiger charge is 2.32. The first-order valence-corrected chi connectivity index (χ1v) is 6.83. The van der Waals surface area contributed by atoms with Crippen LogP contribution >= 0.6 is 23.1 Å². The molecule has 2 aromatic heterocycles. The van der Waals surface area contributed by atoms with E-state index in [1.54, 1.807) is 0 Å². The highest BCUT2D eigenvalue weighted by Crippen LogP contribution is 2.34. The van der Waals surface area contributed by atoms with Crippen molar-refractivity contribution in [2.24, 2.45) is 0 Å². The zero-order valence-electron chi connectivity index (χ0n) is 9.93. The highest BCUT2D eigenvalue weighted by atomic mass is 32.2. The Bertz CT molecular complexity index is 655. The molecule has 4 nitrogen and oxygen atoms in total. The summed E-state index contributed by atoms with van der Waals surface area (Å²) in [6.07, 6.45) is -4.51. The number of rotatable bonds is 3. The molecule has 0 saturated heterocycles. The Kier molecular flexibility index (Phi) is 4.00. The van der Waals surface area contributed by atoms with E-state index in [1.807, 2.05) is 0 Å². The van der Waals surface area contributed by atoms with Gasteiger partial charge < -0.3 is 5.11 Å². The Hall–Kier alpha value is -1.61. The minimum absolute atomic E-state index is 0.0690. The van der Waals surface area contributed by atoms with Crippen molar-refractivity contribution in [1.29, 1.82) is 0 Å². The van der Waals surface area contributed by atoms with Crippen molar-refractivity contribution in [2.45, 2.75) is 22.5 Å². The predicted molar refractivity (Wildman–Crippen MR) is 67.2 cm³/mol. The molecule has 0 atom stereocenters. The number of alkyl halides is 3. The minimum atomic E-state index is -4.51. The molecule has 0 amide bonds. The quantitative estimate of drug-likeness (QED) is 0.934. The molecule has 2 heterocycles. The van der Waals surface area contributed by atoms with E-state index in [1.165, 1.54) is 19.1 Å². The number of hydrogen-bond donors (Lipinski definition) is 1. The minimum Gasteiger partial charge on any atom is -0.477 e. The second kappa shape index (κ2) is 5.41. The normalized spacial score (nSPS) is 11.6. The van der Waals surface area contributed by atoms with Crippen molar-refractivity contribution in [3.8, 4) is 0 Å². The van der Waals surface area contributed by atoms with Gasteiger partial charge in [0.15, 0.2) is 4.34 Å². The van der Waals surface area contributed by atoms with Gasteiger partial charge in [0.25, 0.3) is 0 Å². The van der Waals surface area contributed by atoms with Crippen LogP contribution in [-0.4, -0.2) is 21.0 Å². The average Bonchev–Trinajstić information content (AvgIpc) is 2.69. The molecule has 0 aliphatic rings. The summed E-state index contributed by atoms with van der Waals surface area (Å²) in [6, 6.07) is 3.54. The third kappa shape index (κ3) is 3.28. The summed E-state index contributed by atoms with van der Waals surface area (Å²) in [5.41, 5.74) is -0.661. The number of pyridine rings is 1. The number of aromatic nitrogens is 2. The van der Waals surface area contributed by atoms with Crippen LogP contribution in [0.15, 0.2) is 27.6 Å². The Morgan fingerprint density at radius 1 is 1.35 bits per heavy atom. The average molecular weight is 320 g/mol. The first kappa shape index (κ1) is 14.8. The lowest BCUT2D eigenvalue weighted by molar-refractivity contribution is -0.141. The molecule has 0 fully saturated rings. The molecule has 0 aliphatic carbocycles. The van der Waals surface area contributed by atoms with Crippen molar-refractivity contribution in [2.75, 3.05) is 0 Å². The third-order valence-electron chi connectivity index (χ3n) is 2.18. The van der Waals surface area contributed by atoms with Crippen LogP contribution in [0, 0.1) is 6.92 Å². The van der Waals surface area contributed by atoms with Gasteiger partial charge in [-0.1, -0.05) is 17.4 Å². The maximum absolute atomic E-state index is 12.5. The molecule has 106 valence electrons. The Morgan fingerprint density at radius 2 is 2.05 bits per heavy atom. The number of nitrogens with zero attached hydrogens (tertiary/aromatic N) is 2. The molecule has 2 aromatic rings. The van der Waals surface area contributed by atoms with Gasteiger partial charge in [0.1, 0.15) is 15.6 Å². The van der Waals surface area contributed by atoms with Crippen molar-refractivity contribution >= 4 is 29.1 Å². The largest absolute Gasteiger partial charge is 0.477 e. The molecule has 0 saturated carbocycles. The standard InChI is InChI=1S/C11H7F3N2O2S2/c1-5-8(9(17)18)20-10(15-5)19-7-4-2-3-6(16-7)11(12,13)14/h2-4H,1H3,(H,17,18). The number of aromatic carboxylic acids is 1. The van der Waals surface area contributed by atoms with Crippen LogP contribution < -0.4 is 0 Å². The summed E-state index contributed by atoms with van der Waals surface area (Å²) in [6.45, 7) is 1.53. The van der Waals surface area contributed by atoms with Crippen LogP contribution in [0.5, 0.6) is 0 Å². The first-order chi connectivity index (χ1) is 9.27. The number of carboxylic acids is 1. The van der Waals surface area contributed by atoms with Crippen LogP contribution in [0.1, 0.15) is 21.1 Å². The number of carbonyl (C=O) groups is 1. The van der Waals surface area contributed by atoms with Gasteiger partial charge in [-0.25, -0.2) is 14.8 Å². The molecule has 0 aliphatic heterocycles. The van der Waals surface area contributed by atoms with Crippen molar-refractivity contribution in [1.82, 2.24) is 9.97 Å². The van der Waals surface area contributed by atoms with E-state index in [9.17, 15) is 18.0 Å². The molecule has 1 N–H and O–H groups in total. The SMILES string of the molecule is Cc1nc(Sc2cccc(C(F)(F)F)n2)sc1C(=O)O. The maximum atomic E-state index is 12.5. The molecular formula is C11H7F3N2O2S2. The van der Waals surface area contributed by atoms with E-state index in [-0.39, 0.29) is 9.90 Å². The molecule has 0 radical (unpaired) electrons. The van der Waals surface area contributed by atoms with E-state index < -0.39 is 17.8 Å². The number of hydrogen-bond acceptors (Lipinski definition) is 5. The lowest BCUT2D eigenvalue weighted by Gasteiger charge is -2.06. The van der Waals surface area contributed by atoms with Crippen molar-refractivity contribution < 1.29 is 23.1 Å². The summed E-state index contributed by atoms with van der Waals surface area (Å²) < 4.78 is 37.9. The summed E-state index contributed by atoms with van der Waals surface area (Å²) >= 11 is 1.81. The molecule has 0 spiro atoms. The van der Waals surface area contributed by atoms with Gasteiger partial charge in [0.2, 0.25) is 0 Å². The second-order valence-electron chi connectivity index (χ2n) is 3.66. The third-order valence-corrected chi connectivity index (χ3v) is 4.32. The fourth-order valence-electron chi connectivity index (χ4n) is 1.33. The zero-order valence-corrected chi connectivity index (χ0v) is 11.6. The molecule has 0 unspecified atom stereocenters. The lowest BCUT2D eigenvalue weighted by atomic mass is 10.3. The molecule has 2 rings (SSSR count). The van der Waals surface area contributed by atoms with E-state index in [4.69, 9.17) is 5.11 Å². The monoisotopic (exact) mass is 320 g/mol. The zero-order chi connectivity index (χ0) is 14.9. The van der Waals surface area contributed by atoms with Gasteiger partial charge in [-0.05, 0) is 30.8 Å². The van der Waals surface area contributed by atoms with Crippen LogP contribution in [0.4, 0.5) is 13.2 Å². The van der Waals surface area contributed by atoms with E-state index in [2.05, 4.69) is 9.97 Å². The number of halogens is 3. The van der Waals surface area contributed by atoms with Gasteiger partial charge >= 0.3 is 12.1 Å². The highest BCUT2D eigenvalue weighted by molar-refractivity contribution is 8.01. The first-order valence-electron chi connectivity index (χ1n) is 5.20. The number of aryl methyl sites for hydroxylation is 1. The van der Waals surface area contributed by atoms with Gasteiger partial charge in [-0.2, -0.15) is 13.2 Å². The Labute approximate surface area is 119 Å². The fourth-order valence-corrected chi connectivity index (χ4v) is 3.30. The van der Waals surface area contributed by atoms with Crippen LogP contribution in [0.25, 0.3) is 0 Å².